The largest absolute Gasteiger partial charge is 0.368 e. The number of carbonyl (C=O) groups is 1. The highest BCUT2D eigenvalue weighted by atomic mass is 16.2. The molecule has 0 aliphatic heterocycles. The third-order valence-electron chi connectivity index (χ3n) is 3.18. The zero-order valence-corrected chi connectivity index (χ0v) is 11.5. The molecule has 0 bridgehead atoms. The van der Waals surface area contributed by atoms with Gasteiger partial charge in [0.1, 0.15) is 6.04 Å². The van der Waals surface area contributed by atoms with Crippen LogP contribution in [0.5, 0.6) is 0 Å². The lowest BCUT2D eigenvalue weighted by Gasteiger charge is -2.14. The van der Waals surface area contributed by atoms with E-state index in [1.807, 2.05) is 0 Å². The summed E-state index contributed by atoms with van der Waals surface area (Å²) in [6.45, 7) is 1.32. The molecule has 0 spiro atoms. The number of hydrogen-bond acceptors (Lipinski definition) is 4. The molecule has 21 heavy (non-hydrogen) atoms. The first kappa shape index (κ1) is 14.5. The highest BCUT2D eigenvalue weighted by molar-refractivity contribution is 5.77. The van der Waals surface area contributed by atoms with E-state index in [0.717, 1.165) is 9.13 Å². The molecule has 1 heterocycles. The molecular formula is C13H14N4O4. The van der Waals surface area contributed by atoms with Gasteiger partial charge < -0.3 is 5.73 Å². The minimum Gasteiger partial charge on any atom is -0.368 e. The van der Waals surface area contributed by atoms with Gasteiger partial charge in [-0.1, -0.05) is 18.2 Å². The van der Waals surface area contributed by atoms with E-state index in [1.165, 1.54) is 14.0 Å². The third kappa shape index (κ3) is 2.31. The summed E-state index contributed by atoms with van der Waals surface area (Å²) in [6.07, 6.45) is 0. The van der Waals surface area contributed by atoms with E-state index >= 15 is 0 Å². The van der Waals surface area contributed by atoms with Gasteiger partial charge >= 0.3 is 17.1 Å². The molecule has 8 nitrogen and oxygen atoms in total. The standard InChI is InChI=1S/C13H14N4O4/c1-8(10(14)18)16-11(19)15(2)12(20)17(13(16)21)9-6-4-3-5-7-9/h3-8H,1-2H3,(H2,14,18)/t8-/m0/s1. The number of nitrogens with zero attached hydrogens (tertiary/aromatic N) is 3. The Hall–Kier alpha value is -2.90. The molecule has 2 N–H and O–H groups in total. The maximum absolute atomic E-state index is 12.4. The van der Waals surface area contributed by atoms with E-state index in [0.29, 0.717) is 10.3 Å². The molecule has 0 fully saturated rings. The van der Waals surface area contributed by atoms with Gasteiger partial charge in [-0.25, -0.2) is 28.1 Å². The lowest BCUT2D eigenvalue weighted by molar-refractivity contribution is -0.120. The van der Waals surface area contributed by atoms with E-state index in [9.17, 15) is 19.2 Å². The fourth-order valence-corrected chi connectivity index (χ4v) is 1.92. The summed E-state index contributed by atoms with van der Waals surface area (Å²) >= 11 is 0. The lowest BCUT2D eigenvalue weighted by atomic mass is 10.3. The number of para-hydroxylation sites is 1. The van der Waals surface area contributed by atoms with Crippen molar-refractivity contribution >= 4 is 5.91 Å². The molecule has 0 radical (unpaired) electrons. The zero-order valence-electron chi connectivity index (χ0n) is 11.5. The van der Waals surface area contributed by atoms with Crippen molar-refractivity contribution in [3.8, 4) is 5.69 Å². The van der Waals surface area contributed by atoms with Crippen molar-refractivity contribution in [2.75, 3.05) is 0 Å². The van der Waals surface area contributed by atoms with E-state index in [1.54, 1.807) is 30.3 Å². The van der Waals surface area contributed by atoms with Crippen LogP contribution in [-0.4, -0.2) is 19.6 Å². The minimum absolute atomic E-state index is 0.300. The molecule has 2 rings (SSSR count). The average Bonchev–Trinajstić information content (AvgIpc) is 2.46. The summed E-state index contributed by atoms with van der Waals surface area (Å²) in [5.74, 6) is -0.840. The van der Waals surface area contributed by atoms with Crippen LogP contribution in [-0.2, 0) is 11.8 Å². The van der Waals surface area contributed by atoms with Gasteiger partial charge in [0.15, 0.2) is 0 Å². The first-order valence-corrected chi connectivity index (χ1v) is 6.15. The molecule has 1 aromatic carbocycles. The number of benzene rings is 1. The van der Waals surface area contributed by atoms with Gasteiger partial charge in [0, 0.05) is 7.05 Å². The second-order valence-corrected chi connectivity index (χ2v) is 4.53. The fraction of sp³-hybridized carbons (Fsp3) is 0.231. The Kier molecular flexibility index (Phi) is 3.62. The number of aromatic nitrogens is 3. The molecule has 8 heteroatoms. The van der Waals surface area contributed by atoms with Crippen LogP contribution < -0.4 is 22.8 Å². The molecule has 0 unspecified atom stereocenters. The van der Waals surface area contributed by atoms with Crippen molar-refractivity contribution in [1.29, 1.82) is 0 Å². The van der Waals surface area contributed by atoms with Crippen LogP contribution in [0.1, 0.15) is 13.0 Å². The molecule has 0 saturated carbocycles. The molecule has 1 aromatic heterocycles. The maximum Gasteiger partial charge on any atom is 0.341 e. The van der Waals surface area contributed by atoms with Crippen molar-refractivity contribution in [2.24, 2.45) is 12.8 Å². The van der Waals surface area contributed by atoms with Crippen LogP contribution in [0.15, 0.2) is 44.7 Å². The van der Waals surface area contributed by atoms with Crippen LogP contribution in [0.3, 0.4) is 0 Å². The quantitative estimate of drug-likeness (QED) is 0.761. The normalized spacial score (nSPS) is 12.1. The minimum atomic E-state index is -1.16. The molecular weight excluding hydrogens is 276 g/mol. The highest BCUT2D eigenvalue weighted by Crippen LogP contribution is 2.01. The van der Waals surface area contributed by atoms with E-state index in [2.05, 4.69) is 0 Å². The Bertz CT molecular complexity index is 860. The fourth-order valence-electron chi connectivity index (χ4n) is 1.92. The van der Waals surface area contributed by atoms with E-state index < -0.39 is 29.0 Å². The Labute approximate surface area is 118 Å². The number of primary amides is 1. The molecule has 110 valence electrons. The first-order valence-electron chi connectivity index (χ1n) is 6.15. The Morgan fingerprint density at radius 2 is 1.62 bits per heavy atom. The second-order valence-electron chi connectivity index (χ2n) is 4.53. The van der Waals surface area contributed by atoms with Crippen molar-refractivity contribution in [3.63, 3.8) is 0 Å². The van der Waals surface area contributed by atoms with Crippen molar-refractivity contribution in [2.45, 2.75) is 13.0 Å². The van der Waals surface area contributed by atoms with Crippen molar-refractivity contribution in [1.82, 2.24) is 13.7 Å². The predicted molar refractivity (Wildman–Crippen MR) is 75.4 cm³/mol. The predicted octanol–water partition coefficient (Wildman–Crippen LogP) is -1.26. The number of amides is 1. The lowest BCUT2D eigenvalue weighted by Crippen LogP contribution is -2.55. The van der Waals surface area contributed by atoms with Crippen LogP contribution in [0.25, 0.3) is 5.69 Å². The van der Waals surface area contributed by atoms with E-state index in [-0.39, 0.29) is 0 Å². The zero-order chi connectivity index (χ0) is 15.7. The van der Waals surface area contributed by atoms with Gasteiger partial charge in [-0.3, -0.25) is 4.79 Å². The smallest absolute Gasteiger partial charge is 0.341 e. The monoisotopic (exact) mass is 290 g/mol. The number of nitrogens with two attached hydrogens (primary N) is 1. The van der Waals surface area contributed by atoms with E-state index in [4.69, 9.17) is 5.73 Å². The first-order chi connectivity index (χ1) is 9.86. The molecule has 1 atom stereocenters. The number of hydrogen-bond donors (Lipinski definition) is 1. The number of carbonyl (C=O) groups excluding carboxylic acids is 1. The van der Waals surface area contributed by atoms with Crippen LogP contribution in [0, 0.1) is 0 Å². The van der Waals surface area contributed by atoms with Crippen molar-refractivity contribution < 1.29 is 4.79 Å². The Balaban J connectivity index is 2.92. The summed E-state index contributed by atoms with van der Waals surface area (Å²) in [7, 11) is 1.23. The summed E-state index contributed by atoms with van der Waals surface area (Å²) in [6, 6.07) is 6.95. The SMILES string of the molecule is C[C@@H](C(N)=O)n1c(=O)n(C)c(=O)n(-c2ccccc2)c1=O. The van der Waals surface area contributed by atoms with Crippen LogP contribution >= 0.6 is 0 Å². The van der Waals surface area contributed by atoms with Gasteiger partial charge in [-0.05, 0) is 19.1 Å². The van der Waals surface area contributed by atoms with Gasteiger partial charge in [0.2, 0.25) is 5.91 Å². The van der Waals surface area contributed by atoms with Crippen LogP contribution in [0.2, 0.25) is 0 Å². The molecule has 0 aliphatic rings. The molecule has 2 aromatic rings. The number of rotatable bonds is 3. The Morgan fingerprint density at radius 1 is 1.05 bits per heavy atom. The third-order valence-corrected chi connectivity index (χ3v) is 3.18. The van der Waals surface area contributed by atoms with Gasteiger partial charge in [0.05, 0.1) is 5.69 Å². The topological polar surface area (TPSA) is 109 Å². The summed E-state index contributed by atoms with van der Waals surface area (Å²) in [4.78, 5) is 47.9. The van der Waals surface area contributed by atoms with Gasteiger partial charge in [-0.2, -0.15) is 0 Å². The van der Waals surface area contributed by atoms with Crippen molar-refractivity contribution in [3.05, 3.63) is 61.8 Å². The molecule has 0 saturated heterocycles. The second kappa shape index (κ2) is 5.23. The van der Waals surface area contributed by atoms with Gasteiger partial charge in [0.25, 0.3) is 0 Å². The Morgan fingerprint density at radius 3 is 2.14 bits per heavy atom. The maximum atomic E-state index is 12.4. The van der Waals surface area contributed by atoms with Crippen LogP contribution in [0.4, 0.5) is 0 Å². The molecule has 0 aliphatic carbocycles. The van der Waals surface area contributed by atoms with Gasteiger partial charge in [-0.15, -0.1) is 0 Å². The highest BCUT2D eigenvalue weighted by Gasteiger charge is 2.21. The molecule has 1 amide bonds. The summed E-state index contributed by atoms with van der Waals surface area (Å²) in [5, 5.41) is 0. The average molecular weight is 290 g/mol. The summed E-state index contributed by atoms with van der Waals surface area (Å²) < 4.78 is 2.24. The summed E-state index contributed by atoms with van der Waals surface area (Å²) in [5.41, 5.74) is 2.87.